The number of ketones is 1. The Labute approximate surface area is 77.1 Å². The second kappa shape index (κ2) is 2.32. The maximum atomic E-state index is 11.7. The van der Waals surface area contributed by atoms with Crippen LogP contribution in [0.1, 0.15) is 12.0 Å². The zero-order valence-corrected chi connectivity index (χ0v) is 7.23. The summed E-state index contributed by atoms with van der Waals surface area (Å²) < 4.78 is 0. The highest BCUT2D eigenvalue weighted by molar-refractivity contribution is 6.25. The smallest absolute Gasteiger partial charge is 0.166 e. The fourth-order valence-corrected chi connectivity index (χ4v) is 2.05. The molecular formula is C12H10O. The van der Waals surface area contributed by atoms with Gasteiger partial charge in [0.15, 0.2) is 5.78 Å². The minimum atomic E-state index is 0.343. The van der Waals surface area contributed by atoms with E-state index in [0.717, 1.165) is 17.6 Å². The molecule has 2 aliphatic rings. The summed E-state index contributed by atoms with van der Waals surface area (Å²) in [5, 5.41) is 0. The molecule has 1 aromatic rings. The highest BCUT2D eigenvalue weighted by Gasteiger charge is 2.47. The predicted octanol–water partition coefficient (Wildman–Crippen LogP) is 2.29. The number of hydrogen-bond acceptors (Lipinski definition) is 1. The molecule has 2 atom stereocenters. The zero-order valence-electron chi connectivity index (χ0n) is 7.23. The van der Waals surface area contributed by atoms with Crippen molar-refractivity contribution >= 4 is 11.4 Å². The topological polar surface area (TPSA) is 17.1 Å². The summed E-state index contributed by atoms with van der Waals surface area (Å²) in [7, 11) is 0. The Bertz CT molecular complexity index is 389. The summed E-state index contributed by atoms with van der Waals surface area (Å²) in [6.45, 7) is 0. The third kappa shape index (κ3) is 0.966. The highest BCUT2D eigenvalue weighted by atomic mass is 16.1. The predicted molar refractivity (Wildman–Crippen MR) is 51.0 cm³/mol. The number of Topliss-reactive ketones (excluding diaryl/α,β-unsaturated/α-hetero) is 1. The number of fused-ring (bicyclic) bond motifs is 1. The average molecular weight is 170 g/mol. The fourth-order valence-electron chi connectivity index (χ4n) is 2.05. The maximum absolute atomic E-state index is 11.7. The van der Waals surface area contributed by atoms with Crippen LogP contribution < -0.4 is 0 Å². The SMILES string of the molecule is O=C1C(c2ccccc2)=CC2CC12. The number of allylic oxidation sites excluding steroid dienone is 2. The van der Waals surface area contributed by atoms with Gasteiger partial charge >= 0.3 is 0 Å². The number of carbonyl (C=O) groups excluding carboxylic acids is 1. The Hall–Kier alpha value is -1.37. The van der Waals surface area contributed by atoms with Crippen molar-refractivity contribution in [2.75, 3.05) is 0 Å². The molecule has 0 radical (unpaired) electrons. The van der Waals surface area contributed by atoms with E-state index in [-0.39, 0.29) is 0 Å². The summed E-state index contributed by atoms with van der Waals surface area (Å²) in [6.07, 6.45) is 3.23. The Morgan fingerprint density at radius 3 is 2.54 bits per heavy atom. The standard InChI is InChI=1S/C12H10O/c13-12-10(6-9-7-11(9)12)8-4-2-1-3-5-8/h1-6,9,11H,7H2. The van der Waals surface area contributed by atoms with Crippen LogP contribution >= 0.6 is 0 Å². The molecule has 13 heavy (non-hydrogen) atoms. The first-order valence-corrected chi connectivity index (χ1v) is 4.68. The second-order valence-electron chi connectivity index (χ2n) is 3.82. The van der Waals surface area contributed by atoms with Gasteiger partial charge in [0, 0.05) is 11.5 Å². The molecular weight excluding hydrogens is 160 g/mol. The molecule has 2 aliphatic carbocycles. The van der Waals surface area contributed by atoms with E-state index in [4.69, 9.17) is 0 Å². The Balaban J connectivity index is 2.03. The van der Waals surface area contributed by atoms with E-state index in [1.54, 1.807) is 0 Å². The van der Waals surface area contributed by atoms with Crippen molar-refractivity contribution in [3.8, 4) is 0 Å². The van der Waals surface area contributed by atoms with Gasteiger partial charge in [0.25, 0.3) is 0 Å². The summed E-state index contributed by atoms with van der Waals surface area (Å²) in [5.41, 5.74) is 2.03. The lowest BCUT2D eigenvalue weighted by molar-refractivity contribution is -0.114. The van der Waals surface area contributed by atoms with E-state index >= 15 is 0 Å². The number of carbonyl (C=O) groups is 1. The molecule has 0 saturated heterocycles. The Morgan fingerprint density at radius 1 is 1.15 bits per heavy atom. The largest absolute Gasteiger partial charge is 0.294 e. The Morgan fingerprint density at radius 2 is 1.92 bits per heavy atom. The minimum absolute atomic E-state index is 0.343. The number of benzene rings is 1. The van der Waals surface area contributed by atoms with Crippen LogP contribution in [0.3, 0.4) is 0 Å². The lowest BCUT2D eigenvalue weighted by atomic mass is 10.0. The molecule has 0 aromatic heterocycles. The van der Waals surface area contributed by atoms with Crippen LogP contribution in [0.5, 0.6) is 0 Å². The van der Waals surface area contributed by atoms with Gasteiger partial charge < -0.3 is 0 Å². The molecule has 1 heteroatoms. The molecule has 1 saturated carbocycles. The fraction of sp³-hybridized carbons (Fsp3) is 0.250. The molecule has 0 aliphatic heterocycles. The van der Waals surface area contributed by atoms with Crippen molar-refractivity contribution in [2.24, 2.45) is 11.8 Å². The lowest BCUT2D eigenvalue weighted by Crippen LogP contribution is -1.99. The van der Waals surface area contributed by atoms with E-state index in [9.17, 15) is 4.79 Å². The molecule has 1 aromatic carbocycles. The van der Waals surface area contributed by atoms with Crippen molar-refractivity contribution in [3.63, 3.8) is 0 Å². The number of hydrogen-bond donors (Lipinski definition) is 0. The van der Waals surface area contributed by atoms with E-state index < -0.39 is 0 Å². The third-order valence-electron chi connectivity index (χ3n) is 2.91. The van der Waals surface area contributed by atoms with E-state index in [0.29, 0.717) is 17.6 Å². The lowest BCUT2D eigenvalue weighted by Gasteiger charge is -2.01. The van der Waals surface area contributed by atoms with Gasteiger partial charge in [-0.1, -0.05) is 36.4 Å². The molecule has 0 spiro atoms. The van der Waals surface area contributed by atoms with E-state index in [1.807, 2.05) is 30.3 Å². The molecule has 2 unspecified atom stereocenters. The first-order valence-electron chi connectivity index (χ1n) is 4.68. The van der Waals surface area contributed by atoms with Gasteiger partial charge in [-0.25, -0.2) is 0 Å². The van der Waals surface area contributed by atoms with Crippen LogP contribution in [0.2, 0.25) is 0 Å². The van der Waals surface area contributed by atoms with Gasteiger partial charge in [0.1, 0.15) is 0 Å². The van der Waals surface area contributed by atoms with Crippen LogP contribution in [-0.4, -0.2) is 5.78 Å². The van der Waals surface area contributed by atoms with Crippen LogP contribution in [0, 0.1) is 11.8 Å². The first-order chi connectivity index (χ1) is 6.36. The molecule has 3 rings (SSSR count). The average Bonchev–Trinajstić information content (AvgIpc) is 2.88. The monoisotopic (exact) mass is 170 g/mol. The summed E-state index contributed by atoms with van der Waals surface area (Å²) in [4.78, 5) is 11.7. The molecule has 1 nitrogen and oxygen atoms in total. The molecule has 1 fully saturated rings. The van der Waals surface area contributed by atoms with Crippen molar-refractivity contribution in [1.29, 1.82) is 0 Å². The van der Waals surface area contributed by atoms with Gasteiger partial charge in [0.2, 0.25) is 0 Å². The third-order valence-corrected chi connectivity index (χ3v) is 2.91. The maximum Gasteiger partial charge on any atom is 0.166 e. The summed E-state index contributed by atoms with van der Waals surface area (Å²) >= 11 is 0. The van der Waals surface area contributed by atoms with Crippen molar-refractivity contribution in [2.45, 2.75) is 6.42 Å². The first kappa shape index (κ1) is 7.07. The molecule has 0 amide bonds. The zero-order chi connectivity index (χ0) is 8.84. The highest BCUT2D eigenvalue weighted by Crippen LogP contribution is 2.50. The van der Waals surface area contributed by atoms with Gasteiger partial charge in [-0.3, -0.25) is 4.79 Å². The van der Waals surface area contributed by atoms with Gasteiger partial charge in [-0.15, -0.1) is 0 Å². The quantitative estimate of drug-likeness (QED) is 0.632. The Kier molecular flexibility index (Phi) is 1.26. The van der Waals surface area contributed by atoms with Crippen molar-refractivity contribution in [1.82, 2.24) is 0 Å². The van der Waals surface area contributed by atoms with Crippen LogP contribution in [0.15, 0.2) is 36.4 Å². The van der Waals surface area contributed by atoms with Crippen LogP contribution in [0.25, 0.3) is 5.57 Å². The normalized spacial score (nSPS) is 29.8. The van der Waals surface area contributed by atoms with E-state index in [1.165, 1.54) is 0 Å². The summed E-state index contributed by atoms with van der Waals surface area (Å²) in [6, 6.07) is 9.95. The molecule has 0 heterocycles. The van der Waals surface area contributed by atoms with Crippen LogP contribution in [-0.2, 0) is 4.79 Å². The van der Waals surface area contributed by atoms with Gasteiger partial charge in [0.05, 0.1) is 0 Å². The summed E-state index contributed by atoms with van der Waals surface area (Å²) in [5.74, 6) is 1.27. The molecule has 0 bridgehead atoms. The van der Waals surface area contributed by atoms with Crippen molar-refractivity contribution in [3.05, 3.63) is 42.0 Å². The van der Waals surface area contributed by atoms with Gasteiger partial charge in [-0.2, -0.15) is 0 Å². The molecule has 0 N–H and O–H groups in total. The van der Waals surface area contributed by atoms with Crippen molar-refractivity contribution < 1.29 is 4.79 Å². The second-order valence-corrected chi connectivity index (χ2v) is 3.82. The van der Waals surface area contributed by atoms with E-state index in [2.05, 4.69) is 6.08 Å². The number of rotatable bonds is 1. The minimum Gasteiger partial charge on any atom is -0.294 e. The van der Waals surface area contributed by atoms with Crippen LogP contribution in [0.4, 0.5) is 0 Å². The van der Waals surface area contributed by atoms with Gasteiger partial charge in [-0.05, 0) is 17.9 Å². The molecule has 64 valence electrons.